The van der Waals surface area contributed by atoms with E-state index in [0.717, 1.165) is 37.2 Å². The molecule has 0 saturated carbocycles. The second-order valence-electron chi connectivity index (χ2n) is 8.48. The molecule has 2 atom stereocenters. The summed E-state index contributed by atoms with van der Waals surface area (Å²) in [7, 11) is 0. The molecule has 2 fully saturated rings. The molecule has 0 bridgehead atoms. The van der Waals surface area contributed by atoms with Gasteiger partial charge in [0.15, 0.2) is 0 Å². The molecule has 2 heterocycles. The molecule has 34 heavy (non-hydrogen) atoms. The number of carbonyl (C=O) groups is 2. The first-order chi connectivity index (χ1) is 16.3. The van der Waals surface area contributed by atoms with Crippen molar-refractivity contribution >= 4 is 46.3 Å². The number of nitrogens with zero attached hydrogens (tertiary/aromatic N) is 2. The highest BCUT2D eigenvalue weighted by Crippen LogP contribution is 2.41. The van der Waals surface area contributed by atoms with Crippen molar-refractivity contribution in [1.29, 1.82) is 0 Å². The number of benzene rings is 2. The third-order valence-corrected chi connectivity index (χ3v) is 7.23. The molecule has 180 valence electrons. The van der Waals surface area contributed by atoms with Crippen LogP contribution < -0.4 is 4.90 Å². The molecular weight excluding hydrogens is 475 g/mol. The van der Waals surface area contributed by atoms with Crippen molar-refractivity contribution in [2.45, 2.75) is 38.8 Å². The van der Waals surface area contributed by atoms with E-state index < -0.39 is 17.7 Å². The van der Waals surface area contributed by atoms with Crippen molar-refractivity contribution in [2.24, 2.45) is 0 Å². The number of rotatable bonds is 7. The number of hydrogen-bond acceptors (Lipinski definition) is 5. The zero-order chi connectivity index (χ0) is 24.4. The molecule has 0 aromatic heterocycles. The fourth-order valence-corrected chi connectivity index (χ4v) is 4.98. The predicted octanol–water partition coefficient (Wildman–Crippen LogP) is 5.44. The highest BCUT2D eigenvalue weighted by molar-refractivity contribution is 6.47. The van der Waals surface area contributed by atoms with Crippen LogP contribution in [0.1, 0.15) is 43.9 Å². The van der Waals surface area contributed by atoms with Gasteiger partial charge in [0.25, 0.3) is 11.7 Å². The number of likely N-dealkylation sites (tertiary alicyclic amines) is 1. The molecule has 1 N–H and O–H groups in total. The van der Waals surface area contributed by atoms with E-state index in [-0.39, 0.29) is 29.0 Å². The number of aliphatic hydroxyl groups is 1. The van der Waals surface area contributed by atoms with E-state index in [4.69, 9.17) is 27.9 Å². The number of hydrogen-bond donors (Lipinski definition) is 1. The lowest BCUT2D eigenvalue weighted by atomic mass is 9.95. The predicted molar refractivity (Wildman–Crippen MR) is 134 cm³/mol. The normalized spacial score (nSPS) is 21.9. The largest absolute Gasteiger partial charge is 0.507 e. The fourth-order valence-electron chi connectivity index (χ4n) is 4.68. The molecule has 2 unspecified atom stereocenters. The van der Waals surface area contributed by atoms with Gasteiger partial charge in [0.2, 0.25) is 0 Å². The number of carbonyl (C=O) groups excluding carboxylic acids is 2. The standard InChI is InChI=1S/C26H28Cl2N2O4/c1-3-29(4-2)18-10-7-16(8-11-18)23-22(24(31)17-9-12-20(27)21(28)14-17)25(32)26(33)30(23)15-19-6-5-13-34-19/h7-12,14,19,23,31H,3-6,13,15H2,1-2H3/b24-22-. The summed E-state index contributed by atoms with van der Waals surface area (Å²) >= 11 is 12.2. The Kier molecular flexibility index (Phi) is 7.51. The van der Waals surface area contributed by atoms with Gasteiger partial charge in [-0.05, 0) is 62.6 Å². The number of halogens is 2. The number of ether oxygens (including phenoxy) is 1. The molecule has 2 saturated heterocycles. The molecule has 4 rings (SSSR count). The minimum Gasteiger partial charge on any atom is -0.507 e. The highest BCUT2D eigenvalue weighted by atomic mass is 35.5. The van der Waals surface area contributed by atoms with Crippen LogP contribution in [-0.4, -0.2) is 54.0 Å². The number of Topliss-reactive ketones (excluding diaryl/α,β-unsaturated/α-hetero) is 1. The third kappa shape index (κ3) is 4.67. The Balaban J connectivity index is 1.80. The van der Waals surface area contributed by atoms with E-state index in [2.05, 4.69) is 18.7 Å². The van der Waals surface area contributed by atoms with Crippen LogP contribution in [0.25, 0.3) is 5.76 Å². The van der Waals surface area contributed by atoms with Crippen LogP contribution in [0.2, 0.25) is 10.0 Å². The summed E-state index contributed by atoms with van der Waals surface area (Å²) in [6.07, 6.45) is 1.60. The first kappa shape index (κ1) is 24.6. The van der Waals surface area contributed by atoms with Crippen LogP contribution >= 0.6 is 23.2 Å². The SMILES string of the molecule is CCN(CC)c1ccc(C2/C(=C(/O)c3ccc(Cl)c(Cl)c3)C(=O)C(=O)N2CC2CCCO2)cc1. The summed E-state index contributed by atoms with van der Waals surface area (Å²) in [5, 5.41) is 11.8. The summed E-state index contributed by atoms with van der Waals surface area (Å²) in [6.45, 7) is 6.83. The summed E-state index contributed by atoms with van der Waals surface area (Å²) < 4.78 is 5.75. The molecule has 6 nitrogen and oxygen atoms in total. The average molecular weight is 503 g/mol. The Bertz CT molecular complexity index is 1110. The maximum atomic E-state index is 13.2. The lowest BCUT2D eigenvalue weighted by Gasteiger charge is -2.28. The van der Waals surface area contributed by atoms with Gasteiger partial charge >= 0.3 is 0 Å². The van der Waals surface area contributed by atoms with Crippen LogP contribution in [-0.2, 0) is 14.3 Å². The van der Waals surface area contributed by atoms with E-state index in [1.54, 1.807) is 12.1 Å². The summed E-state index contributed by atoms with van der Waals surface area (Å²) in [4.78, 5) is 30.1. The molecule has 0 spiro atoms. The monoisotopic (exact) mass is 502 g/mol. The van der Waals surface area contributed by atoms with Crippen LogP contribution in [0.4, 0.5) is 5.69 Å². The molecule has 0 aliphatic carbocycles. The Morgan fingerprint density at radius 2 is 1.79 bits per heavy atom. The molecule has 0 radical (unpaired) electrons. The summed E-state index contributed by atoms with van der Waals surface area (Å²) in [5.74, 6) is -1.64. The van der Waals surface area contributed by atoms with Crippen molar-refractivity contribution in [2.75, 3.05) is 31.1 Å². The molecule has 2 aliphatic heterocycles. The van der Waals surface area contributed by atoms with E-state index >= 15 is 0 Å². The molecule has 2 aliphatic rings. The van der Waals surface area contributed by atoms with Crippen LogP contribution in [0.3, 0.4) is 0 Å². The van der Waals surface area contributed by atoms with E-state index in [0.29, 0.717) is 17.2 Å². The Morgan fingerprint density at radius 1 is 1.09 bits per heavy atom. The minimum atomic E-state index is -0.732. The lowest BCUT2D eigenvalue weighted by Crippen LogP contribution is -2.36. The highest BCUT2D eigenvalue weighted by Gasteiger charge is 2.47. The third-order valence-electron chi connectivity index (χ3n) is 6.49. The van der Waals surface area contributed by atoms with Crippen LogP contribution in [0, 0.1) is 0 Å². The van der Waals surface area contributed by atoms with Gasteiger partial charge in [0.1, 0.15) is 5.76 Å². The van der Waals surface area contributed by atoms with Crippen molar-refractivity contribution in [3.05, 3.63) is 69.2 Å². The van der Waals surface area contributed by atoms with Gasteiger partial charge in [-0.15, -0.1) is 0 Å². The summed E-state index contributed by atoms with van der Waals surface area (Å²) in [5.41, 5.74) is 2.16. The lowest BCUT2D eigenvalue weighted by molar-refractivity contribution is -0.140. The zero-order valence-corrected chi connectivity index (χ0v) is 20.8. The maximum absolute atomic E-state index is 13.2. The minimum absolute atomic E-state index is 0.0389. The smallest absolute Gasteiger partial charge is 0.295 e. The van der Waals surface area contributed by atoms with Gasteiger partial charge in [0.05, 0.1) is 27.8 Å². The average Bonchev–Trinajstić information content (AvgIpc) is 3.44. The molecule has 2 aromatic rings. The quantitative estimate of drug-likeness (QED) is 0.310. The number of amides is 1. The first-order valence-corrected chi connectivity index (χ1v) is 12.3. The van der Waals surface area contributed by atoms with Gasteiger partial charge < -0.3 is 19.6 Å². The van der Waals surface area contributed by atoms with Gasteiger partial charge in [-0.1, -0.05) is 35.3 Å². The molecule has 2 aromatic carbocycles. The van der Waals surface area contributed by atoms with Crippen molar-refractivity contribution in [3.63, 3.8) is 0 Å². The Labute approximate surface area is 209 Å². The number of ketones is 1. The van der Waals surface area contributed by atoms with Crippen molar-refractivity contribution in [3.8, 4) is 0 Å². The number of anilines is 1. The topological polar surface area (TPSA) is 70.1 Å². The van der Waals surface area contributed by atoms with Crippen molar-refractivity contribution in [1.82, 2.24) is 4.90 Å². The van der Waals surface area contributed by atoms with Gasteiger partial charge in [-0.2, -0.15) is 0 Å². The summed E-state index contributed by atoms with van der Waals surface area (Å²) in [6, 6.07) is 11.7. The van der Waals surface area contributed by atoms with Gasteiger partial charge in [0, 0.05) is 37.5 Å². The van der Waals surface area contributed by atoms with E-state index in [1.165, 1.54) is 11.0 Å². The zero-order valence-electron chi connectivity index (χ0n) is 19.3. The van der Waals surface area contributed by atoms with E-state index in [9.17, 15) is 14.7 Å². The van der Waals surface area contributed by atoms with Gasteiger partial charge in [-0.3, -0.25) is 9.59 Å². The van der Waals surface area contributed by atoms with E-state index in [1.807, 2.05) is 24.3 Å². The van der Waals surface area contributed by atoms with Crippen LogP contribution in [0.5, 0.6) is 0 Å². The maximum Gasteiger partial charge on any atom is 0.295 e. The molecule has 8 heteroatoms. The first-order valence-electron chi connectivity index (χ1n) is 11.6. The van der Waals surface area contributed by atoms with Crippen molar-refractivity contribution < 1.29 is 19.4 Å². The second-order valence-corrected chi connectivity index (χ2v) is 9.29. The second kappa shape index (κ2) is 10.4. The molecule has 1 amide bonds. The Hall–Kier alpha value is -2.54. The van der Waals surface area contributed by atoms with Gasteiger partial charge in [-0.25, -0.2) is 0 Å². The Morgan fingerprint density at radius 3 is 2.38 bits per heavy atom. The fraction of sp³-hybridized carbons (Fsp3) is 0.385. The molecular formula is C26H28Cl2N2O4. The number of aliphatic hydroxyl groups excluding tert-OH is 1. The van der Waals surface area contributed by atoms with Crippen LogP contribution in [0.15, 0.2) is 48.0 Å².